The molecule has 0 aliphatic carbocycles. The molecule has 1 amide bonds. The van der Waals surface area contributed by atoms with E-state index in [-0.39, 0.29) is 12.1 Å². The number of nitrogens with one attached hydrogen (secondary N) is 1. The van der Waals surface area contributed by atoms with E-state index < -0.39 is 0 Å². The summed E-state index contributed by atoms with van der Waals surface area (Å²) in [5.74, 6) is 0. The lowest BCUT2D eigenvalue weighted by atomic mass is 10.1. The maximum Gasteiger partial charge on any atom is 0.407 e. The Bertz CT molecular complexity index is 273. The summed E-state index contributed by atoms with van der Waals surface area (Å²) in [6.07, 6.45) is 4.12. The predicted octanol–water partition coefficient (Wildman–Crippen LogP) is 2.16. The molecule has 1 atom stereocenters. The van der Waals surface area contributed by atoms with Crippen LogP contribution in [0.3, 0.4) is 0 Å². The van der Waals surface area contributed by atoms with E-state index in [0.717, 1.165) is 32.5 Å². The van der Waals surface area contributed by atoms with Crippen LogP contribution in [0.1, 0.15) is 33.6 Å². The van der Waals surface area contributed by atoms with Gasteiger partial charge in [0.25, 0.3) is 0 Å². The van der Waals surface area contributed by atoms with Gasteiger partial charge in [-0.1, -0.05) is 11.6 Å². The Balaban J connectivity index is 2.33. The van der Waals surface area contributed by atoms with Gasteiger partial charge < -0.3 is 10.1 Å². The Hall–Kier alpha value is -1.03. The van der Waals surface area contributed by atoms with Crippen LogP contribution >= 0.6 is 0 Å². The van der Waals surface area contributed by atoms with Crippen LogP contribution in [-0.4, -0.2) is 43.3 Å². The number of nitrogens with zero attached hydrogens (tertiary/aromatic N) is 1. The first-order chi connectivity index (χ1) is 8.11. The highest BCUT2D eigenvalue weighted by Crippen LogP contribution is 2.10. The van der Waals surface area contributed by atoms with Gasteiger partial charge >= 0.3 is 6.09 Å². The summed E-state index contributed by atoms with van der Waals surface area (Å²) in [5, 5.41) is 2.91. The fourth-order valence-electron chi connectivity index (χ4n) is 1.99. The summed E-state index contributed by atoms with van der Waals surface area (Å²) in [4.78, 5) is 13.7. The average Bonchev–Trinajstić information content (AvgIpc) is 2.27. The molecule has 0 aromatic carbocycles. The number of piperidine rings is 1. The summed E-state index contributed by atoms with van der Waals surface area (Å²) in [5.41, 5.74) is 1.34. The lowest BCUT2D eigenvalue weighted by Gasteiger charge is -2.32. The van der Waals surface area contributed by atoms with Crippen molar-refractivity contribution in [3.8, 4) is 0 Å². The normalized spacial score (nSPS) is 20.8. The average molecular weight is 240 g/mol. The van der Waals surface area contributed by atoms with Crippen LogP contribution in [0.25, 0.3) is 0 Å². The molecule has 1 aliphatic rings. The van der Waals surface area contributed by atoms with Crippen LogP contribution in [0.2, 0.25) is 0 Å². The van der Waals surface area contributed by atoms with Crippen LogP contribution in [-0.2, 0) is 4.74 Å². The van der Waals surface area contributed by atoms with Gasteiger partial charge in [-0.2, -0.15) is 0 Å². The van der Waals surface area contributed by atoms with Crippen molar-refractivity contribution >= 4 is 6.09 Å². The van der Waals surface area contributed by atoms with E-state index in [1.165, 1.54) is 5.57 Å². The zero-order valence-electron chi connectivity index (χ0n) is 11.2. The quantitative estimate of drug-likeness (QED) is 0.766. The molecule has 0 bridgehead atoms. The molecule has 1 N–H and O–H groups in total. The molecule has 0 aromatic heterocycles. The molecule has 1 heterocycles. The Kier molecular flexibility index (Phi) is 6.05. The van der Waals surface area contributed by atoms with Crippen molar-refractivity contribution in [3.63, 3.8) is 0 Å². The smallest absolute Gasteiger partial charge is 0.407 e. The minimum atomic E-state index is -0.290. The van der Waals surface area contributed by atoms with Gasteiger partial charge in [0.15, 0.2) is 0 Å². The standard InChI is InChI=1S/C13H24N2O2/c1-4-17-13(16)14-12-6-5-8-15(10-12)9-7-11(2)3/h7,12H,4-6,8-10H2,1-3H3,(H,14,16). The molecule has 1 fully saturated rings. The van der Waals surface area contributed by atoms with Gasteiger partial charge in [0.2, 0.25) is 0 Å². The molecule has 1 rings (SSSR count). The Labute approximate surface area is 104 Å². The second kappa shape index (κ2) is 7.33. The van der Waals surface area contributed by atoms with E-state index in [4.69, 9.17) is 4.74 Å². The summed E-state index contributed by atoms with van der Waals surface area (Å²) < 4.78 is 4.90. The van der Waals surface area contributed by atoms with Gasteiger partial charge in [-0.05, 0) is 40.2 Å². The number of likely N-dealkylation sites (tertiary alicyclic amines) is 1. The molecule has 1 saturated heterocycles. The third-order valence-corrected chi connectivity index (χ3v) is 2.86. The first-order valence-corrected chi connectivity index (χ1v) is 6.40. The van der Waals surface area contributed by atoms with Crippen molar-refractivity contribution < 1.29 is 9.53 Å². The molecule has 0 radical (unpaired) electrons. The highest BCUT2D eigenvalue weighted by molar-refractivity contribution is 5.67. The number of alkyl carbamates (subject to hydrolysis) is 1. The molecule has 1 aliphatic heterocycles. The predicted molar refractivity (Wildman–Crippen MR) is 69.1 cm³/mol. The van der Waals surface area contributed by atoms with Crippen LogP contribution in [0.15, 0.2) is 11.6 Å². The number of amides is 1. The first kappa shape index (κ1) is 14.0. The van der Waals surface area contributed by atoms with Gasteiger partial charge in [-0.3, -0.25) is 4.90 Å². The van der Waals surface area contributed by atoms with Gasteiger partial charge in [-0.15, -0.1) is 0 Å². The summed E-state index contributed by atoms with van der Waals surface area (Å²) in [7, 11) is 0. The topological polar surface area (TPSA) is 41.6 Å². The van der Waals surface area contributed by atoms with E-state index >= 15 is 0 Å². The van der Waals surface area contributed by atoms with Crippen LogP contribution in [0.4, 0.5) is 4.79 Å². The number of carbonyl (C=O) groups excluding carboxylic acids is 1. The SMILES string of the molecule is CCOC(=O)NC1CCCN(CC=C(C)C)C1. The summed E-state index contributed by atoms with van der Waals surface area (Å²) in [6.45, 7) is 9.48. The van der Waals surface area contributed by atoms with Crippen molar-refractivity contribution in [1.29, 1.82) is 0 Å². The second-order valence-corrected chi connectivity index (χ2v) is 4.75. The molecule has 4 heteroatoms. The molecular formula is C13H24N2O2. The Morgan fingerprint density at radius 3 is 2.94 bits per heavy atom. The van der Waals surface area contributed by atoms with E-state index in [2.05, 4.69) is 30.1 Å². The zero-order chi connectivity index (χ0) is 12.7. The number of ether oxygens (including phenoxy) is 1. The van der Waals surface area contributed by atoms with Gasteiger partial charge in [0, 0.05) is 19.1 Å². The number of hydrogen-bond donors (Lipinski definition) is 1. The molecule has 0 spiro atoms. The highest BCUT2D eigenvalue weighted by Gasteiger charge is 2.20. The molecule has 0 saturated carbocycles. The minimum Gasteiger partial charge on any atom is -0.450 e. The van der Waals surface area contributed by atoms with E-state index in [9.17, 15) is 4.79 Å². The molecule has 4 nitrogen and oxygen atoms in total. The van der Waals surface area contributed by atoms with Gasteiger partial charge in [-0.25, -0.2) is 4.79 Å². The van der Waals surface area contributed by atoms with Gasteiger partial charge in [0.05, 0.1) is 6.61 Å². The second-order valence-electron chi connectivity index (χ2n) is 4.75. The van der Waals surface area contributed by atoms with Crippen LogP contribution in [0, 0.1) is 0 Å². The minimum absolute atomic E-state index is 0.230. The third-order valence-electron chi connectivity index (χ3n) is 2.86. The summed E-state index contributed by atoms with van der Waals surface area (Å²) in [6, 6.07) is 0.230. The number of allylic oxidation sites excluding steroid dienone is 1. The fourth-order valence-corrected chi connectivity index (χ4v) is 1.99. The Morgan fingerprint density at radius 1 is 1.53 bits per heavy atom. The maximum absolute atomic E-state index is 11.3. The lowest BCUT2D eigenvalue weighted by molar-refractivity contribution is 0.136. The zero-order valence-corrected chi connectivity index (χ0v) is 11.2. The number of hydrogen-bond acceptors (Lipinski definition) is 3. The van der Waals surface area contributed by atoms with Crippen molar-refractivity contribution in [2.75, 3.05) is 26.2 Å². The first-order valence-electron chi connectivity index (χ1n) is 6.40. The molecule has 17 heavy (non-hydrogen) atoms. The largest absolute Gasteiger partial charge is 0.450 e. The molecule has 0 aromatic rings. The van der Waals surface area contributed by atoms with Crippen molar-refractivity contribution in [2.45, 2.75) is 39.7 Å². The number of rotatable bonds is 4. The third kappa shape index (κ3) is 5.73. The molecular weight excluding hydrogens is 216 g/mol. The van der Waals surface area contributed by atoms with Crippen LogP contribution < -0.4 is 5.32 Å². The van der Waals surface area contributed by atoms with E-state index in [1.54, 1.807) is 0 Å². The van der Waals surface area contributed by atoms with Crippen molar-refractivity contribution in [3.05, 3.63) is 11.6 Å². The number of carbonyl (C=O) groups is 1. The fraction of sp³-hybridized carbons (Fsp3) is 0.769. The van der Waals surface area contributed by atoms with E-state index in [0.29, 0.717) is 6.61 Å². The Morgan fingerprint density at radius 2 is 2.29 bits per heavy atom. The van der Waals surface area contributed by atoms with Crippen LogP contribution in [0.5, 0.6) is 0 Å². The van der Waals surface area contributed by atoms with Gasteiger partial charge in [0.1, 0.15) is 0 Å². The van der Waals surface area contributed by atoms with E-state index in [1.807, 2.05) is 6.92 Å². The lowest BCUT2D eigenvalue weighted by Crippen LogP contribution is -2.47. The van der Waals surface area contributed by atoms with Crippen molar-refractivity contribution in [1.82, 2.24) is 10.2 Å². The highest BCUT2D eigenvalue weighted by atomic mass is 16.5. The molecule has 98 valence electrons. The maximum atomic E-state index is 11.3. The summed E-state index contributed by atoms with van der Waals surface area (Å²) >= 11 is 0. The monoisotopic (exact) mass is 240 g/mol. The van der Waals surface area contributed by atoms with Crippen molar-refractivity contribution in [2.24, 2.45) is 0 Å². The molecule has 1 unspecified atom stereocenters.